The second-order valence-corrected chi connectivity index (χ2v) is 5.80. The van der Waals surface area contributed by atoms with Crippen molar-refractivity contribution in [2.45, 2.75) is 19.1 Å². The maximum absolute atomic E-state index is 11.9. The van der Waals surface area contributed by atoms with E-state index in [1.165, 1.54) is 12.2 Å². The molecule has 0 fully saturated rings. The van der Waals surface area contributed by atoms with Gasteiger partial charge in [-0.15, -0.1) is 0 Å². The van der Waals surface area contributed by atoms with Crippen LogP contribution >= 0.6 is 0 Å². The lowest BCUT2D eigenvalue weighted by Crippen LogP contribution is -2.45. The number of hydrogen-bond donors (Lipinski definition) is 3. The monoisotopic (exact) mass is 303 g/mol. The molecule has 3 amide bonds. The summed E-state index contributed by atoms with van der Waals surface area (Å²) in [7, 11) is -1.43. The molecule has 1 aliphatic heterocycles. The number of carbonyl (C=O) groups is 3. The van der Waals surface area contributed by atoms with E-state index in [2.05, 4.69) is 15.4 Å². The summed E-state index contributed by atoms with van der Waals surface area (Å²) >= 11 is 0. The van der Waals surface area contributed by atoms with Crippen molar-refractivity contribution in [3.05, 3.63) is 12.2 Å². The van der Waals surface area contributed by atoms with E-state index >= 15 is 0 Å². The molecule has 0 aliphatic carbocycles. The number of carbonyl (C=O) groups excluding carboxylic acids is 3. The first-order valence-electron chi connectivity index (χ1n) is 5.96. The molecule has 9 heteroatoms. The number of rotatable bonds is 1. The summed E-state index contributed by atoms with van der Waals surface area (Å²) in [4.78, 5) is 34.0. The van der Waals surface area contributed by atoms with Crippen LogP contribution in [0.25, 0.3) is 0 Å². The van der Waals surface area contributed by atoms with Crippen LogP contribution in [0.15, 0.2) is 12.2 Å². The molecular formula is C11H17N3O5S. The Labute approximate surface area is 118 Å². The van der Waals surface area contributed by atoms with Gasteiger partial charge in [0, 0.05) is 35.2 Å². The average Bonchev–Trinajstić information content (AvgIpc) is 2.34. The van der Waals surface area contributed by atoms with Crippen LogP contribution in [-0.4, -0.2) is 52.3 Å². The Morgan fingerprint density at radius 1 is 1.50 bits per heavy atom. The summed E-state index contributed by atoms with van der Waals surface area (Å²) in [5.41, 5.74) is 4.89. The van der Waals surface area contributed by atoms with Gasteiger partial charge in [0.15, 0.2) is 6.10 Å². The van der Waals surface area contributed by atoms with Gasteiger partial charge in [-0.3, -0.25) is 13.8 Å². The van der Waals surface area contributed by atoms with Gasteiger partial charge in [0.2, 0.25) is 5.91 Å². The third kappa shape index (κ3) is 5.83. The average molecular weight is 303 g/mol. The molecule has 112 valence electrons. The largest absolute Gasteiger partial charge is 0.435 e. The highest BCUT2D eigenvalue weighted by Crippen LogP contribution is 2.00. The molecule has 0 radical (unpaired) electrons. The molecule has 3 atom stereocenters. The summed E-state index contributed by atoms with van der Waals surface area (Å²) in [6, 6.07) is -0.444. The molecule has 20 heavy (non-hydrogen) atoms. The molecule has 0 saturated carbocycles. The van der Waals surface area contributed by atoms with Crippen LogP contribution < -0.4 is 16.4 Å². The summed E-state index contributed by atoms with van der Waals surface area (Å²) < 4.78 is 16.4. The van der Waals surface area contributed by atoms with Crippen LogP contribution in [-0.2, 0) is 25.1 Å². The van der Waals surface area contributed by atoms with Gasteiger partial charge >= 0.3 is 6.09 Å². The Morgan fingerprint density at radius 2 is 2.20 bits per heavy atom. The summed E-state index contributed by atoms with van der Waals surface area (Å²) in [6.07, 6.45) is 0.456. The van der Waals surface area contributed by atoms with Crippen molar-refractivity contribution in [1.82, 2.24) is 10.6 Å². The van der Waals surface area contributed by atoms with Gasteiger partial charge < -0.3 is 21.1 Å². The summed E-state index contributed by atoms with van der Waals surface area (Å²) in [6.45, 7) is 1.85. The highest BCUT2D eigenvalue weighted by molar-refractivity contribution is 7.85. The Morgan fingerprint density at radius 3 is 2.85 bits per heavy atom. The van der Waals surface area contributed by atoms with Gasteiger partial charge in [0.05, 0.1) is 5.75 Å². The number of primary amides is 1. The first-order valence-corrected chi connectivity index (χ1v) is 7.44. The molecule has 1 heterocycles. The van der Waals surface area contributed by atoms with Crippen molar-refractivity contribution >= 4 is 28.7 Å². The van der Waals surface area contributed by atoms with E-state index in [-0.39, 0.29) is 24.0 Å². The highest BCUT2D eigenvalue weighted by atomic mass is 32.2. The van der Waals surface area contributed by atoms with Crippen molar-refractivity contribution < 1.29 is 23.3 Å². The molecule has 0 saturated heterocycles. The van der Waals surface area contributed by atoms with Gasteiger partial charge in [-0.1, -0.05) is 6.08 Å². The number of hydrogen-bond acceptors (Lipinski definition) is 5. The predicted molar refractivity (Wildman–Crippen MR) is 72.1 cm³/mol. The summed E-state index contributed by atoms with van der Waals surface area (Å²) in [5.74, 6) is -0.939. The first kappa shape index (κ1) is 16.2. The molecule has 8 nitrogen and oxygen atoms in total. The Hall–Kier alpha value is -1.90. The molecule has 0 spiro atoms. The minimum absolute atomic E-state index is 0.154. The van der Waals surface area contributed by atoms with Gasteiger partial charge in [-0.2, -0.15) is 0 Å². The molecule has 0 aromatic carbocycles. The van der Waals surface area contributed by atoms with E-state index < -0.39 is 34.9 Å². The second kappa shape index (κ2) is 7.63. The van der Waals surface area contributed by atoms with Gasteiger partial charge in [0.1, 0.15) is 0 Å². The molecule has 0 aromatic rings. The molecule has 1 aliphatic rings. The maximum Gasteiger partial charge on any atom is 0.405 e. The second-order valence-electron chi connectivity index (χ2n) is 4.18. The topological polar surface area (TPSA) is 128 Å². The fraction of sp³-hybridized carbons (Fsp3) is 0.545. The van der Waals surface area contributed by atoms with Crippen molar-refractivity contribution in [2.75, 3.05) is 18.1 Å². The Balaban J connectivity index is 2.84. The van der Waals surface area contributed by atoms with Gasteiger partial charge in [0.25, 0.3) is 5.91 Å². The van der Waals surface area contributed by atoms with E-state index in [0.717, 1.165) is 0 Å². The number of amides is 3. The molecule has 0 bridgehead atoms. The van der Waals surface area contributed by atoms with Gasteiger partial charge in [-0.05, 0) is 6.92 Å². The number of nitrogens with two attached hydrogens (primary N) is 1. The zero-order valence-corrected chi connectivity index (χ0v) is 11.8. The molecular weight excluding hydrogens is 286 g/mol. The molecule has 0 aromatic heterocycles. The summed E-state index contributed by atoms with van der Waals surface area (Å²) in [5, 5.41) is 5.08. The molecule has 4 N–H and O–H groups in total. The van der Waals surface area contributed by atoms with E-state index in [1.54, 1.807) is 6.92 Å². The van der Waals surface area contributed by atoms with Crippen LogP contribution in [0, 0.1) is 0 Å². The van der Waals surface area contributed by atoms with E-state index in [1.807, 2.05) is 0 Å². The zero-order valence-electron chi connectivity index (χ0n) is 11.0. The van der Waals surface area contributed by atoms with Crippen molar-refractivity contribution in [2.24, 2.45) is 5.73 Å². The number of nitrogens with one attached hydrogen (secondary N) is 2. The lowest BCUT2D eigenvalue weighted by atomic mass is 10.2. The molecule has 1 unspecified atom stereocenters. The van der Waals surface area contributed by atoms with Crippen LogP contribution in [0.3, 0.4) is 0 Å². The Bertz CT molecular complexity index is 451. The first-order chi connectivity index (χ1) is 9.38. The normalized spacial score (nSPS) is 30.1. The lowest BCUT2D eigenvalue weighted by Gasteiger charge is -2.18. The third-order valence-corrected chi connectivity index (χ3v) is 3.76. The number of ether oxygens (including phenoxy) is 1. The Kier molecular flexibility index (Phi) is 6.16. The van der Waals surface area contributed by atoms with Gasteiger partial charge in [-0.25, -0.2) is 4.79 Å². The van der Waals surface area contributed by atoms with Crippen LogP contribution in [0.5, 0.6) is 0 Å². The fourth-order valence-electron chi connectivity index (χ4n) is 1.50. The maximum atomic E-state index is 11.9. The zero-order chi connectivity index (χ0) is 15.1. The minimum Gasteiger partial charge on any atom is -0.435 e. The van der Waals surface area contributed by atoms with Crippen LogP contribution in [0.4, 0.5) is 4.79 Å². The molecule has 1 rings (SSSR count). The standard InChI is InChI=1S/C11H17N3O5S/c1-7-2-3-9(15)13-4-5-20(18)6-8(10(16)14-7)19-11(12)17/h2-3,7-8H,4-6H2,1H3,(H2,12,17)(H,13,15)(H,14,16)/b3-2+/t7-,8-,20?/m0/s1. The van der Waals surface area contributed by atoms with Crippen molar-refractivity contribution in [3.63, 3.8) is 0 Å². The fourth-order valence-corrected chi connectivity index (χ4v) is 2.55. The predicted octanol–water partition coefficient (Wildman–Crippen LogP) is -1.61. The lowest BCUT2D eigenvalue weighted by molar-refractivity contribution is -0.128. The van der Waals surface area contributed by atoms with Crippen molar-refractivity contribution in [3.8, 4) is 0 Å². The quantitative estimate of drug-likeness (QED) is 0.537. The van der Waals surface area contributed by atoms with E-state index in [9.17, 15) is 18.6 Å². The van der Waals surface area contributed by atoms with Crippen LogP contribution in [0.2, 0.25) is 0 Å². The minimum atomic E-state index is -1.43. The third-order valence-electron chi connectivity index (χ3n) is 2.42. The van der Waals surface area contributed by atoms with Crippen molar-refractivity contribution in [1.29, 1.82) is 0 Å². The van der Waals surface area contributed by atoms with Crippen LogP contribution in [0.1, 0.15) is 6.92 Å². The van der Waals surface area contributed by atoms with E-state index in [4.69, 9.17) is 5.73 Å². The highest BCUT2D eigenvalue weighted by Gasteiger charge is 2.25. The smallest absolute Gasteiger partial charge is 0.405 e. The van der Waals surface area contributed by atoms with E-state index in [0.29, 0.717) is 0 Å². The SMILES string of the molecule is C[C@H]1/C=C/C(=O)NCCS(=O)C[C@H](OC(N)=O)C(=O)N1.